The maximum atomic E-state index is 11.0. The van der Waals surface area contributed by atoms with Crippen molar-refractivity contribution in [3.63, 3.8) is 0 Å². The van der Waals surface area contributed by atoms with Crippen LogP contribution in [0.1, 0.15) is 0 Å². The molecule has 4 heteroatoms. The van der Waals surface area contributed by atoms with Gasteiger partial charge in [-0.05, 0) is 28.7 Å². The molecule has 0 radical (unpaired) electrons. The fourth-order valence-electron chi connectivity index (χ4n) is 0.696. The Morgan fingerprint density at radius 1 is 1.70 bits per heavy atom. The van der Waals surface area contributed by atoms with Crippen LogP contribution in [0.15, 0.2) is 17.1 Å². The first-order chi connectivity index (χ1) is 4.61. The molecule has 54 valence electrons. The van der Waals surface area contributed by atoms with E-state index in [1.54, 1.807) is 19.3 Å². The lowest BCUT2D eigenvalue weighted by Gasteiger charge is -1.98. The highest BCUT2D eigenvalue weighted by atomic mass is 127. The topological polar surface area (TPSA) is 48.0 Å². The molecule has 1 aromatic rings. The van der Waals surface area contributed by atoms with Gasteiger partial charge in [-0.3, -0.25) is 4.79 Å². The van der Waals surface area contributed by atoms with Crippen molar-refractivity contribution in [2.45, 2.75) is 0 Å². The number of nitrogens with zero attached hydrogens (tertiary/aromatic N) is 1. The van der Waals surface area contributed by atoms with Crippen molar-refractivity contribution >= 4 is 28.3 Å². The van der Waals surface area contributed by atoms with Crippen molar-refractivity contribution in [1.82, 2.24) is 4.57 Å². The molecule has 0 saturated heterocycles. The van der Waals surface area contributed by atoms with E-state index in [4.69, 9.17) is 5.73 Å². The lowest BCUT2D eigenvalue weighted by molar-refractivity contribution is 0.855. The Balaban J connectivity index is 3.46. The normalized spacial score (nSPS) is 9.80. The summed E-state index contributed by atoms with van der Waals surface area (Å²) in [6.07, 6.45) is 1.60. The van der Waals surface area contributed by atoms with Gasteiger partial charge in [0.2, 0.25) is 0 Å². The minimum atomic E-state index is -0.00481. The highest BCUT2D eigenvalue weighted by Crippen LogP contribution is 2.02. The van der Waals surface area contributed by atoms with Gasteiger partial charge >= 0.3 is 0 Å². The van der Waals surface area contributed by atoms with Crippen LogP contribution in [0.2, 0.25) is 0 Å². The van der Waals surface area contributed by atoms with Gasteiger partial charge in [0.05, 0.1) is 3.57 Å². The Hall–Kier alpha value is -0.520. The molecule has 0 aliphatic heterocycles. The lowest BCUT2D eigenvalue weighted by atomic mass is 10.4. The van der Waals surface area contributed by atoms with Gasteiger partial charge < -0.3 is 10.3 Å². The number of hydrogen-bond donors (Lipinski definition) is 1. The first-order valence-corrected chi connectivity index (χ1v) is 3.81. The molecule has 0 atom stereocenters. The van der Waals surface area contributed by atoms with Crippen LogP contribution in [0.3, 0.4) is 0 Å². The number of aromatic nitrogens is 1. The SMILES string of the molecule is Cn1cc(N)cc(I)c1=O. The molecule has 10 heavy (non-hydrogen) atoms. The summed E-state index contributed by atoms with van der Waals surface area (Å²) >= 11 is 1.96. The molecule has 0 spiro atoms. The van der Waals surface area contributed by atoms with Crippen molar-refractivity contribution in [3.05, 3.63) is 26.2 Å². The Labute approximate surface area is 72.0 Å². The first kappa shape index (κ1) is 7.59. The average Bonchev–Trinajstić information content (AvgIpc) is 1.82. The molecule has 3 nitrogen and oxygen atoms in total. The molecule has 1 aromatic heterocycles. The molecule has 1 heterocycles. The fraction of sp³-hybridized carbons (Fsp3) is 0.167. The number of rotatable bonds is 0. The van der Waals surface area contributed by atoms with Crippen molar-refractivity contribution in [2.75, 3.05) is 5.73 Å². The third kappa shape index (κ3) is 1.31. The van der Waals surface area contributed by atoms with Gasteiger partial charge in [-0.15, -0.1) is 0 Å². The van der Waals surface area contributed by atoms with Crippen LogP contribution in [0.4, 0.5) is 5.69 Å². The van der Waals surface area contributed by atoms with Gasteiger partial charge in [-0.25, -0.2) is 0 Å². The van der Waals surface area contributed by atoms with E-state index in [0.717, 1.165) is 0 Å². The Morgan fingerprint density at radius 3 is 2.80 bits per heavy atom. The van der Waals surface area contributed by atoms with Gasteiger partial charge in [0.15, 0.2) is 0 Å². The number of nitrogen functional groups attached to an aromatic ring is 1. The molecule has 0 aliphatic rings. The minimum Gasteiger partial charge on any atom is -0.398 e. The number of anilines is 1. The zero-order valence-corrected chi connectivity index (χ0v) is 7.62. The largest absolute Gasteiger partial charge is 0.398 e. The van der Waals surface area contributed by atoms with Crippen LogP contribution < -0.4 is 11.3 Å². The summed E-state index contributed by atoms with van der Waals surface area (Å²) in [7, 11) is 1.68. The summed E-state index contributed by atoms with van der Waals surface area (Å²) in [4.78, 5) is 11.0. The maximum absolute atomic E-state index is 11.0. The standard InChI is InChI=1S/C6H7IN2O/c1-9-3-4(8)2-5(7)6(9)10/h2-3H,8H2,1H3. The van der Waals surface area contributed by atoms with Crippen molar-refractivity contribution in [2.24, 2.45) is 7.05 Å². The summed E-state index contributed by atoms with van der Waals surface area (Å²) in [5.74, 6) is 0. The molecule has 0 fully saturated rings. The van der Waals surface area contributed by atoms with E-state index in [1.165, 1.54) is 4.57 Å². The molecule has 0 unspecified atom stereocenters. The minimum absolute atomic E-state index is 0.00481. The van der Waals surface area contributed by atoms with Gasteiger partial charge in [-0.1, -0.05) is 0 Å². The molecule has 0 saturated carbocycles. The van der Waals surface area contributed by atoms with Crippen molar-refractivity contribution in [3.8, 4) is 0 Å². The molecule has 0 aromatic carbocycles. The van der Waals surface area contributed by atoms with Gasteiger partial charge in [0, 0.05) is 18.9 Å². The highest BCUT2D eigenvalue weighted by molar-refractivity contribution is 14.1. The molecule has 1 rings (SSSR count). The van der Waals surface area contributed by atoms with Gasteiger partial charge in [-0.2, -0.15) is 0 Å². The Kier molecular flexibility index (Phi) is 1.98. The van der Waals surface area contributed by atoms with Crippen LogP contribution in [-0.2, 0) is 7.05 Å². The van der Waals surface area contributed by atoms with Crippen molar-refractivity contribution in [1.29, 1.82) is 0 Å². The van der Waals surface area contributed by atoms with Crippen LogP contribution >= 0.6 is 22.6 Å². The van der Waals surface area contributed by atoms with E-state index < -0.39 is 0 Å². The van der Waals surface area contributed by atoms with E-state index in [9.17, 15) is 4.79 Å². The molecule has 0 aliphatic carbocycles. The molecular formula is C6H7IN2O. The molecule has 0 bridgehead atoms. The Morgan fingerprint density at radius 2 is 2.30 bits per heavy atom. The number of hydrogen-bond acceptors (Lipinski definition) is 2. The second-order valence-corrected chi connectivity index (χ2v) is 3.20. The van der Waals surface area contributed by atoms with E-state index in [2.05, 4.69) is 0 Å². The predicted octanol–water partition coefficient (Wildman–Crippen LogP) is 0.572. The summed E-state index contributed by atoms with van der Waals surface area (Å²) in [6.45, 7) is 0. The van der Waals surface area contributed by atoms with Gasteiger partial charge in [0.1, 0.15) is 0 Å². The predicted molar refractivity (Wildman–Crippen MR) is 48.8 cm³/mol. The quantitative estimate of drug-likeness (QED) is 0.684. The molecule has 2 N–H and O–H groups in total. The average molecular weight is 250 g/mol. The number of pyridine rings is 1. The zero-order valence-electron chi connectivity index (χ0n) is 5.47. The monoisotopic (exact) mass is 250 g/mol. The van der Waals surface area contributed by atoms with Crippen LogP contribution in [0, 0.1) is 3.57 Å². The van der Waals surface area contributed by atoms with E-state index in [0.29, 0.717) is 9.26 Å². The number of nitrogens with two attached hydrogens (primary N) is 1. The first-order valence-electron chi connectivity index (χ1n) is 2.73. The van der Waals surface area contributed by atoms with E-state index in [-0.39, 0.29) is 5.56 Å². The zero-order chi connectivity index (χ0) is 7.72. The number of aryl methyl sites for hydroxylation is 1. The summed E-state index contributed by atoms with van der Waals surface area (Å²) in [5.41, 5.74) is 6.08. The van der Waals surface area contributed by atoms with E-state index in [1.807, 2.05) is 22.6 Å². The van der Waals surface area contributed by atoms with Crippen molar-refractivity contribution < 1.29 is 0 Å². The second kappa shape index (κ2) is 2.61. The van der Waals surface area contributed by atoms with Crippen LogP contribution in [-0.4, -0.2) is 4.57 Å². The smallest absolute Gasteiger partial charge is 0.263 e. The van der Waals surface area contributed by atoms with Crippen LogP contribution in [0.25, 0.3) is 0 Å². The molecule has 0 amide bonds. The third-order valence-corrected chi connectivity index (χ3v) is 1.93. The summed E-state index contributed by atoms with van der Waals surface area (Å²) < 4.78 is 2.12. The molecular weight excluding hydrogens is 243 g/mol. The highest BCUT2D eigenvalue weighted by Gasteiger charge is 1.96. The summed E-state index contributed by atoms with van der Waals surface area (Å²) in [5, 5.41) is 0. The number of halogens is 1. The lowest BCUT2D eigenvalue weighted by Crippen LogP contribution is -2.18. The van der Waals surface area contributed by atoms with Gasteiger partial charge in [0.25, 0.3) is 5.56 Å². The van der Waals surface area contributed by atoms with Crippen LogP contribution in [0.5, 0.6) is 0 Å². The summed E-state index contributed by atoms with van der Waals surface area (Å²) in [6, 6.07) is 1.66. The fourth-order valence-corrected chi connectivity index (χ4v) is 1.44. The maximum Gasteiger partial charge on any atom is 0.263 e. The van der Waals surface area contributed by atoms with E-state index >= 15 is 0 Å². The second-order valence-electron chi connectivity index (χ2n) is 2.04. The third-order valence-electron chi connectivity index (χ3n) is 1.16. The Bertz CT molecular complexity index is 279.